The molecule has 0 aliphatic carbocycles. The zero-order chi connectivity index (χ0) is 16.0. The normalized spacial score (nSPS) is 11.7. The van der Waals surface area contributed by atoms with Gasteiger partial charge in [-0.3, -0.25) is 14.9 Å². The summed E-state index contributed by atoms with van der Waals surface area (Å²) in [5, 5.41) is 2.08. The summed E-state index contributed by atoms with van der Waals surface area (Å²) >= 11 is 0. The first-order chi connectivity index (χ1) is 9.69. The summed E-state index contributed by atoms with van der Waals surface area (Å²) in [4.78, 5) is 35.1. The van der Waals surface area contributed by atoms with Crippen molar-refractivity contribution in [2.24, 2.45) is 0 Å². The number of imide groups is 1. The maximum absolute atomic E-state index is 12.1. The molecule has 1 rings (SSSR count). The Bertz CT molecular complexity index is 568. The van der Waals surface area contributed by atoms with Crippen LogP contribution in [0.5, 0.6) is 0 Å². The fourth-order valence-corrected chi connectivity index (χ4v) is 1.49. The molecular formula is C16H19NO4. The second-order valence-corrected chi connectivity index (χ2v) is 5.48. The van der Waals surface area contributed by atoms with E-state index in [0.717, 1.165) is 0 Å². The van der Waals surface area contributed by atoms with E-state index in [2.05, 4.69) is 5.32 Å². The first kappa shape index (κ1) is 16.6. The molecule has 0 aliphatic rings. The average Bonchev–Trinajstić information content (AvgIpc) is 2.34. The van der Waals surface area contributed by atoms with Gasteiger partial charge in [0.15, 0.2) is 0 Å². The monoisotopic (exact) mass is 289 g/mol. The Morgan fingerprint density at radius 3 is 2.14 bits per heavy atom. The smallest absolute Gasteiger partial charge is 0.344 e. The van der Waals surface area contributed by atoms with Crippen LogP contribution < -0.4 is 5.32 Å². The lowest BCUT2D eigenvalue weighted by molar-refractivity contribution is -0.150. The number of hydrogen-bond donors (Lipinski definition) is 1. The van der Waals surface area contributed by atoms with Crippen LogP contribution in [-0.2, 0) is 19.1 Å². The maximum Gasteiger partial charge on any atom is 0.344 e. The van der Waals surface area contributed by atoms with Gasteiger partial charge in [-0.15, -0.1) is 0 Å². The van der Waals surface area contributed by atoms with Gasteiger partial charge in [-0.1, -0.05) is 30.3 Å². The number of ether oxygens (including phenoxy) is 1. The highest BCUT2D eigenvalue weighted by molar-refractivity contribution is 6.22. The molecule has 0 radical (unpaired) electrons. The molecule has 1 aromatic rings. The molecule has 1 aromatic carbocycles. The maximum atomic E-state index is 12.1. The van der Waals surface area contributed by atoms with Crippen LogP contribution >= 0.6 is 0 Å². The van der Waals surface area contributed by atoms with Gasteiger partial charge in [0.05, 0.1) is 0 Å². The van der Waals surface area contributed by atoms with Crippen LogP contribution in [0.2, 0.25) is 0 Å². The highest BCUT2D eigenvalue weighted by atomic mass is 16.6. The van der Waals surface area contributed by atoms with E-state index in [0.29, 0.717) is 5.56 Å². The summed E-state index contributed by atoms with van der Waals surface area (Å²) < 4.78 is 5.20. The van der Waals surface area contributed by atoms with Crippen molar-refractivity contribution in [2.45, 2.75) is 33.3 Å². The minimum atomic E-state index is -0.777. The van der Waals surface area contributed by atoms with E-state index in [1.807, 2.05) is 6.07 Å². The van der Waals surface area contributed by atoms with E-state index < -0.39 is 23.4 Å². The molecule has 0 fully saturated rings. The van der Waals surface area contributed by atoms with Gasteiger partial charge in [-0.25, -0.2) is 4.79 Å². The fourth-order valence-electron chi connectivity index (χ4n) is 1.49. The second-order valence-electron chi connectivity index (χ2n) is 5.48. The molecule has 0 unspecified atom stereocenters. The first-order valence-corrected chi connectivity index (χ1v) is 6.51. The predicted molar refractivity (Wildman–Crippen MR) is 79.1 cm³/mol. The number of carbonyl (C=O) groups is 3. The molecule has 5 heteroatoms. The molecular weight excluding hydrogens is 270 g/mol. The molecule has 0 saturated carbocycles. The van der Waals surface area contributed by atoms with E-state index in [9.17, 15) is 14.4 Å². The summed E-state index contributed by atoms with van der Waals surface area (Å²) in [6.45, 7) is 6.31. The number of carbonyl (C=O) groups excluding carboxylic acids is 3. The molecule has 0 spiro atoms. The molecule has 0 aromatic heterocycles. The van der Waals surface area contributed by atoms with E-state index in [4.69, 9.17) is 4.74 Å². The zero-order valence-corrected chi connectivity index (χ0v) is 12.6. The lowest BCUT2D eigenvalue weighted by atomic mass is 10.1. The molecule has 0 atom stereocenters. The van der Waals surface area contributed by atoms with E-state index in [-0.39, 0.29) is 5.57 Å². The Morgan fingerprint density at radius 2 is 1.67 bits per heavy atom. The van der Waals surface area contributed by atoms with E-state index >= 15 is 0 Å². The van der Waals surface area contributed by atoms with Crippen molar-refractivity contribution in [2.75, 3.05) is 0 Å². The summed E-state index contributed by atoms with van der Waals surface area (Å²) in [6.07, 6.45) is 1.40. The Balaban J connectivity index is 3.11. The van der Waals surface area contributed by atoms with Gasteiger partial charge in [0.25, 0.3) is 5.91 Å². The average molecular weight is 289 g/mol. The molecule has 5 nitrogen and oxygen atoms in total. The van der Waals surface area contributed by atoms with Crippen molar-refractivity contribution in [1.82, 2.24) is 5.32 Å². The molecule has 0 aliphatic heterocycles. The SMILES string of the molecule is CC(=O)NC(=O)/C(=C\c1ccccc1)C(=O)OC(C)(C)C. The van der Waals surface area contributed by atoms with Crippen LogP contribution in [0, 0.1) is 0 Å². The lowest BCUT2D eigenvalue weighted by Gasteiger charge is -2.20. The Kier molecular flexibility index (Phi) is 5.41. The minimum Gasteiger partial charge on any atom is -0.456 e. The topological polar surface area (TPSA) is 72.5 Å². The number of rotatable bonds is 3. The van der Waals surface area contributed by atoms with Crippen LogP contribution in [0.25, 0.3) is 6.08 Å². The Labute approximate surface area is 124 Å². The third-order valence-corrected chi connectivity index (χ3v) is 2.26. The van der Waals surface area contributed by atoms with Crippen LogP contribution in [0.1, 0.15) is 33.3 Å². The fraction of sp³-hybridized carbons (Fsp3) is 0.312. The molecule has 2 amide bonds. The molecule has 0 bridgehead atoms. The summed E-state index contributed by atoms with van der Waals surface area (Å²) in [5.41, 5.74) is -0.285. The van der Waals surface area contributed by atoms with Crippen molar-refractivity contribution >= 4 is 23.9 Å². The van der Waals surface area contributed by atoms with Crippen molar-refractivity contribution in [3.05, 3.63) is 41.5 Å². The van der Waals surface area contributed by atoms with Crippen molar-refractivity contribution in [1.29, 1.82) is 0 Å². The number of hydrogen-bond acceptors (Lipinski definition) is 4. The van der Waals surface area contributed by atoms with Crippen LogP contribution in [-0.4, -0.2) is 23.4 Å². The standard InChI is InChI=1S/C16H19NO4/c1-11(18)17-14(19)13(15(20)21-16(2,3)4)10-12-8-6-5-7-9-12/h5-10H,1-4H3,(H,17,18,19)/b13-10+. The van der Waals surface area contributed by atoms with Gasteiger partial charge in [0.2, 0.25) is 5.91 Å². The van der Waals surface area contributed by atoms with Gasteiger partial charge >= 0.3 is 5.97 Å². The second kappa shape index (κ2) is 6.83. The number of benzene rings is 1. The highest BCUT2D eigenvalue weighted by Crippen LogP contribution is 2.14. The van der Waals surface area contributed by atoms with Gasteiger partial charge in [-0.05, 0) is 32.4 Å². The van der Waals surface area contributed by atoms with Gasteiger partial charge in [0, 0.05) is 6.92 Å². The van der Waals surface area contributed by atoms with Crippen LogP contribution in [0.3, 0.4) is 0 Å². The van der Waals surface area contributed by atoms with Gasteiger partial charge in [0.1, 0.15) is 11.2 Å². The number of esters is 1. The minimum absolute atomic E-state index is 0.216. The van der Waals surface area contributed by atoms with Crippen molar-refractivity contribution in [3.8, 4) is 0 Å². The number of amides is 2. The molecule has 21 heavy (non-hydrogen) atoms. The molecule has 0 heterocycles. The quantitative estimate of drug-likeness (QED) is 0.400. The summed E-state index contributed by atoms with van der Waals surface area (Å²) in [6, 6.07) is 8.86. The van der Waals surface area contributed by atoms with Gasteiger partial charge in [-0.2, -0.15) is 0 Å². The third-order valence-electron chi connectivity index (χ3n) is 2.26. The first-order valence-electron chi connectivity index (χ1n) is 6.51. The largest absolute Gasteiger partial charge is 0.456 e. The highest BCUT2D eigenvalue weighted by Gasteiger charge is 2.25. The van der Waals surface area contributed by atoms with Crippen molar-refractivity contribution < 1.29 is 19.1 Å². The summed E-state index contributed by atoms with van der Waals surface area (Å²) in [5.74, 6) is -2.09. The molecule has 112 valence electrons. The van der Waals surface area contributed by atoms with Crippen LogP contribution in [0.15, 0.2) is 35.9 Å². The Hall–Kier alpha value is -2.43. The molecule has 1 N–H and O–H groups in total. The lowest BCUT2D eigenvalue weighted by Crippen LogP contribution is -2.35. The van der Waals surface area contributed by atoms with E-state index in [1.54, 1.807) is 45.0 Å². The van der Waals surface area contributed by atoms with Gasteiger partial charge < -0.3 is 4.74 Å². The third kappa shape index (κ3) is 6.03. The zero-order valence-electron chi connectivity index (χ0n) is 12.6. The Morgan fingerprint density at radius 1 is 1.10 bits per heavy atom. The van der Waals surface area contributed by atoms with Crippen molar-refractivity contribution in [3.63, 3.8) is 0 Å². The predicted octanol–water partition coefficient (Wildman–Crippen LogP) is 2.07. The number of nitrogens with one attached hydrogen (secondary N) is 1. The van der Waals surface area contributed by atoms with E-state index in [1.165, 1.54) is 13.0 Å². The van der Waals surface area contributed by atoms with Crippen LogP contribution in [0.4, 0.5) is 0 Å². The molecule has 0 saturated heterocycles. The summed E-state index contributed by atoms with van der Waals surface area (Å²) in [7, 11) is 0.